The normalized spacial score (nSPS) is 10.9. The molecule has 84 heavy (non-hydrogen) atoms. The van der Waals surface area contributed by atoms with Crippen molar-refractivity contribution in [1.29, 1.82) is 0 Å². The lowest BCUT2D eigenvalue weighted by Crippen LogP contribution is -2.32. The zero-order valence-corrected chi connectivity index (χ0v) is 48.8. The molecule has 23 heteroatoms. The summed E-state index contributed by atoms with van der Waals surface area (Å²) >= 11 is 0. The maximum absolute atomic E-state index is 11.5. The number of carboxylic acid groups (broad SMARTS) is 2. The van der Waals surface area contributed by atoms with Crippen molar-refractivity contribution >= 4 is 60.0 Å². The molecule has 0 saturated heterocycles. The van der Waals surface area contributed by atoms with E-state index in [1.54, 1.807) is 55.4 Å². The summed E-state index contributed by atoms with van der Waals surface area (Å²) in [5.74, 6) is -5.35. The number of benzene rings is 4. The van der Waals surface area contributed by atoms with Crippen molar-refractivity contribution in [1.82, 2.24) is 5.32 Å². The molecular weight excluding hydrogens is 1100 g/mol. The second-order valence-electron chi connectivity index (χ2n) is 17.1. The molecule has 466 valence electrons. The Hall–Kier alpha value is -8.86. The van der Waals surface area contributed by atoms with Crippen LogP contribution in [0.15, 0.2) is 121 Å². The van der Waals surface area contributed by atoms with Crippen LogP contribution in [-0.2, 0) is 107 Å². The summed E-state index contributed by atoms with van der Waals surface area (Å²) in [5, 5.41) is 18.8. The van der Waals surface area contributed by atoms with Gasteiger partial charge in [0.2, 0.25) is 5.91 Å². The molecule has 0 aliphatic rings. The fourth-order valence-electron chi connectivity index (χ4n) is 5.61. The SMILES string of the molecule is C.CCOC(=O)C(C)CC(=O)O.CCOC(=O)C(C)CC(=O)OCc1ccccc1.CCOC(=O)C(C)N.CCOC(=O)CNC(=O)CC(C)C(=O)OCC.O=C(O)OCc1ccccc1.O=C(OCc1ccccc1)OCc1ccccc1. The van der Waals surface area contributed by atoms with Crippen molar-refractivity contribution in [2.24, 2.45) is 23.5 Å². The Morgan fingerprint density at radius 2 is 0.714 bits per heavy atom. The zero-order chi connectivity index (χ0) is 62.8. The van der Waals surface area contributed by atoms with Crippen LogP contribution in [0.25, 0.3) is 0 Å². The molecule has 23 nitrogen and oxygen atoms in total. The van der Waals surface area contributed by atoms with Gasteiger partial charge < -0.3 is 63.9 Å². The molecule has 4 unspecified atom stereocenters. The van der Waals surface area contributed by atoms with E-state index < -0.39 is 60.0 Å². The number of amides is 1. The van der Waals surface area contributed by atoms with Crippen LogP contribution in [0.5, 0.6) is 0 Å². The highest BCUT2D eigenvalue weighted by atomic mass is 16.7. The van der Waals surface area contributed by atoms with E-state index in [0.717, 1.165) is 22.3 Å². The summed E-state index contributed by atoms with van der Waals surface area (Å²) in [6.45, 7) is 17.1. The monoisotopic (exact) mass is 1180 g/mol. The fourth-order valence-corrected chi connectivity index (χ4v) is 5.61. The van der Waals surface area contributed by atoms with Crippen LogP contribution in [0, 0.1) is 17.8 Å². The van der Waals surface area contributed by atoms with E-state index in [9.17, 15) is 47.9 Å². The number of nitrogens with one attached hydrogen (secondary N) is 1. The largest absolute Gasteiger partial charge is 0.508 e. The molecule has 0 saturated carbocycles. The average molecular weight is 1180 g/mol. The summed E-state index contributed by atoms with van der Waals surface area (Å²) in [6, 6.07) is 37.1. The smallest absolute Gasteiger partial charge is 0.481 e. The van der Waals surface area contributed by atoms with Crippen LogP contribution >= 0.6 is 0 Å². The van der Waals surface area contributed by atoms with E-state index in [0.29, 0.717) is 19.8 Å². The van der Waals surface area contributed by atoms with Gasteiger partial charge in [-0.15, -0.1) is 0 Å². The Balaban J connectivity index is -0.000000955. The molecule has 4 aromatic carbocycles. The summed E-state index contributed by atoms with van der Waals surface area (Å²) in [5.41, 5.74) is 8.81. The minimum Gasteiger partial charge on any atom is -0.481 e. The highest BCUT2D eigenvalue weighted by Crippen LogP contribution is 2.10. The number of aliphatic carboxylic acids is 1. The molecule has 0 heterocycles. The Bertz CT molecular complexity index is 2400. The third kappa shape index (κ3) is 45.8. The van der Waals surface area contributed by atoms with Gasteiger partial charge in [0, 0.05) is 6.42 Å². The molecule has 0 radical (unpaired) electrons. The lowest BCUT2D eigenvalue weighted by atomic mass is 10.1. The van der Waals surface area contributed by atoms with Gasteiger partial charge in [0.25, 0.3) is 0 Å². The van der Waals surface area contributed by atoms with Gasteiger partial charge in [-0.25, -0.2) is 9.59 Å². The molecule has 1 amide bonds. The number of nitrogens with two attached hydrogens (primary N) is 1. The number of rotatable bonds is 25. The van der Waals surface area contributed by atoms with Crippen molar-refractivity contribution in [3.63, 3.8) is 0 Å². The average Bonchev–Trinajstić information content (AvgIpc) is 3.48. The molecule has 0 spiro atoms. The maximum atomic E-state index is 11.5. The molecule has 0 bridgehead atoms. The van der Waals surface area contributed by atoms with E-state index >= 15 is 0 Å². The highest BCUT2D eigenvalue weighted by Gasteiger charge is 2.20. The summed E-state index contributed by atoms with van der Waals surface area (Å²) < 4.78 is 42.8. The number of hydrogen-bond acceptors (Lipinski definition) is 20. The third-order valence-electron chi connectivity index (χ3n) is 9.75. The predicted molar refractivity (Wildman–Crippen MR) is 309 cm³/mol. The molecule has 5 N–H and O–H groups in total. The van der Waals surface area contributed by atoms with Crippen LogP contribution in [0.2, 0.25) is 0 Å². The summed E-state index contributed by atoms with van der Waals surface area (Å²) in [7, 11) is 0. The van der Waals surface area contributed by atoms with E-state index in [2.05, 4.69) is 24.3 Å². The lowest BCUT2D eigenvalue weighted by molar-refractivity contribution is -0.154. The third-order valence-corrected chi connectivity index (χ3v) is 9.75. The van der Waals surface area contributed by atoms with E-state index in [1.165, 1.54) is 6.92 Å². The molecule has 4 aromatic rings. The quantitative estimate of drug-likeness (QED) is 0.0355. The van der Waals surface area contributed by atoms with Crippen LogP contribution in [-0.4, -0.2) is 116 Å². The van der Waals surface area contributed by atoms with Crippen LogP contribution in [0.4, 0.5) is 9.59 Å². The molecule has 4 atom stereocenters. The molecule has 0 fully saturated rings. The number of hydrogen-bond donors (Lipinski definition) is 4. The lowest BCUT2D eigenvalue weighted by Gasteiger charge is -2.10. The van der Waals surface area contributed by atoms with E-state index in [1.807, 2.05) is 121 Å². The molecular formula is C61H86N2O21. The number of carboxylic acids is 1. The van der Waals surface area contributed by atoms with E-state index in [-0.39, 0.29) is 96.7 Å². The summed E-state index contributed by atoms with van der Waals surface area (Å²) in [4.78, 5) is 109. The van der Waals surface area contributed by atoms with Crippen LogP contribution in [0.3, 0.4) is 0 Å². The second kappa shape index (κ2) is 51.1. The Labute approximate surface area is 492 Å². The standard InChI is InChI=1S/C15H14O3.C14H18O4.C11H19NO5.C8H8O3.C7H12O4.C5H11NO2.CH4/c16-15(17-11-13-7-3-1-4-8-13)18-12-14-9-5-2-6-10-14;1-3-17-14(16)11(2)9-13(15)18-10-12-7-5-4-6-8-12;1-4-16-10(14)7-12-9(13)6-8(3)11(15)17-5-2;9-8(10)11-6-7-4-2-1-3-5-7;1-3-11-7(10)5(2)4-6(8)9;1-3-8-5(7)4(2)6;/h1-10H,11-12H2;4-8,11H,3,9-10H2,1-2H3;8H,4-7H2,1-3H3,(H,12,13);1-5H,6H2,(H,9,10);5H,3-4H2,1-2H3,(H,8,9);4H,3,6H2,1-2H3;1H4. The number of carbonyl (C=O) groups excluding carboxylic acids is 8. The first-order valence-corrected chi connectivity index (χ1v) is 26.6. The minimum absolute atomic E-state index is 0. The second-order valence-corrected chi connectivity index (χ2v) is 17.1. The Morgan fingerprint density at radius 1 is 0.405 bits per heavy atom. The Kier molecular flexibility index (Phi) is 48.2. The Morgan fingerprint density at radius 3 is 1.02 bits per heavy atom. The first-order chi connectivity index (χ1) is 39.5. The van der Waals surface area contributed by atoms with Gasteiger partial charge in [0.05, 0.1) is 63.6 Å². The predicted octanol–water partition coefficient (Wildman–Crippen LogP) is 9.19. The summed E-state index contributed by atoms with van der Waals surface area (Å²) in [6.07, 6.45) is -2.01. The molecule has 0 aliphatic heterocycles. The first-order valence-electron chi connectivity index (χ1n) is 26.6. The van der Waals surface area contributed by atoms with Crippen molar-refractivity contribution in [2.75, 3.05) is 39.6 Å². The van der Waals surface area contributed by atoms with Gasteiger partial charge in [-0.2, -0.15) is 0 Å². The highest BCUT2D eigenvalue weighted by molar-refractivity contribution is 5.85. The van der Waals surface area contributed by atoms with E-state index in [4.69, 9.17) is 39.6 Å². The fraction of sp³-hybridized carbons (Fsp3) is 0.443. The van der Waals surface area contributed by atoms with Crippen LogP contribution < -0.4 is 11.1 Å². The van der Waals surface area contributed by atoms with Gasteiger partial charge in [0.1, 0.15) is 39.0 Å². The number of ether oxygens (including phenoxy) is 9. The molecule has 0 aliphatic carbocycles. The van der Waals surface area contributed by atoms with Crippen molar-refractivity contribution < 1.29 is 101 Å². The molecule has 0 aromatic heterocycles. The molecule has 4 rings (SSSR count). The van der Waals surface area contributed by atoms with Gasteiger partial charge in [-0.05, 0) is 63.8 Å². The number of esters is 6. The number of carbonyl (C=O) groups is 10. The maximum Gasteiger partial charge on any atom is 0.508 e. The van der Waals surface area contributed by atoms with Gasteiger partial charge in [-0.3, -0.25) is 38.4 Å². The zero-order valence-electron chi connectivity index (χ0n) is 48.8. The van der Waals surface area contributed by atoms with Gasteiger partial charge >= 0.3 is 54.1 Å². The van der Waals surface area contributed by atoms with Gasteiger partial charge in [0.15, 0.2) is 0 Å². The topological polar surface area (TPSA) is 332 Å². The van der Waals surface area contributed by atoms with Gasteiger partial charge in [-0.1, -0.05) is 150 Å². The van der Waals surface area contributed by atoms with Crippen molar-refractivity contribution in [3.05, 3.63) is 144 Å². The van der Waals surface area contributed by atoms with Crippen LogP contribution in [0.1, 0.15) is 111 Å². The first kappa shape index (κ1) is 79.4. The minimum atomic E-state index is -1.24. The van der Waals surface area contributed by atoms with Crippen molar-refractivity contribution in [3.8, 4) is 0 Å². The van der Waals surface area contributed by atoms with Crippen molar-refractivity contribution in [2.45, 2.75) is 121 Å².